The summed E-state index contributed by atoms with van der Waals surface area (Å²) in [6, 6.07) is 5.57. The SMILES string of the molecule is C/C(=N\OCC(=O)N1CCC1)c1ccc2c(c1)OCO2. The van der Waals surface area contributed by atoms with Gasteiger partial charge in [-0.3, -0.25) is 4.79 Å². The Morgan fingerprint density at radius 3 is 2.90 bits per heavy atom. The third-order valence-electron chi connectivity index (χ3n) is 3.39. The van der Waals surface area contributed by atoms with E-state index in [-0.39, 0.29) is 19.3 Å². The normalized spacial score (nSPS) is 16.9. The molecule has 0 bridgehead atoms. The van der Waals surface area contributed by atoms with Crippen LogP contribution >= 0.6 is 0 Å². The number of oxime groups is 1. The number of hydrogen-bond donors (Lipinski definition) is 0. The summed E-state index contributed by atoms with van der Waals surface area (Å²) < 4.78 is 10.6. The molecule has 0 radical (unpaired) electrons. The summed E-state index contributed by atoms with van der Waals surface area (Å²) in [4.78, 5) is 18.5. The van der Waals surface area contributed by atoms with E-state index in [0.717, 1.165) is 30.8 Å². The monoisotopic (exact) mass is 276 g/mol. The van der Waals surface area contributed by atoms with Gasteiger partial charge in [0.05, 0.1) is 5.71 Å². The first-order valence-electron chi connectivity index (χ1n) is 6.58. The summed E-state index contributed by atoms with van der Waals surface area (Å²) in [6.45, 7) is 3.71. The Hall–Kier alpha value is -2.24. The van der Waals surface area contributed by atoms with E-state index >= 15 is 0 Å². The number of carbonyl (C=O) groups is 1. The summed E-state index contributed by atoms with van der Waals surface area (Å²) >= 11 is 0. The zero-order valence-electron chi connectivity index (χ0n) is 11.3. The third-order valence-corrected chi connectivity index (χ3v) is 3.39. The van der Waals surface area contributed by atoms with Gasteiger partial charge in [-0.15, -0.1) is 0 Å². The van der Waals surface area contributed by atoms with E-state index in [2.05, 4.69) is 5.16 Å². The summed E-state index contributed by atoms with van der Waals surface area (Å²) in [5.74, 6) is 1.42. The van der Waals surface area contributed by atoms with E-state index in [0.29, 0.717) is 11.5 Å². The highest BCUT2D eigenvalue weighted by Gasteiger charge is 2.20. The van der Waals surface area contributed by atoms with Gasteiger partial charge in [-0.05, 0) is 31.5 Å². The second-order valence-corrected chi connectivity index (χ2v) is 4.75. The lowest BCUT2D eigenvalue weighted by Gasteiger charge is -2.30. The maximum absolute atomic E-state index is 11.6. The lowest BCUT2D eigenvalue weighted by molar-refractivity contribution is -0.139. The fourth-order valence-electron chi connectivity index (χ4n) is 2.02. The molecule has 0 aliphatic carbocycles. The Morgan fingerprint density at radius 1 is 1.35 bits per heavy atom. The quantitative estimate of drug-likeness (QED) is 0.616. The fourth-order valence-corrected chi connectivity index (χ4v) is 2.02. The van der Waals surface area contributed by atoms with Crippen LogP contribution in [0, 0.1) is 0 Å². The number of rotatable bonds is 4. The van der Waals surface area contributed by atoms with Crippen molar-refractivity contribution in [3.05, 3.63) is 23.8 Å². The molecule has 1 saturated heterocycles. The second kappa shape index (κ2) is 5.40. The van der Waals surface area contributed by atoms with Crippen molar-refractivity contribution in [2.75, 3.05) is 26.5 Å². The average Bonchev–Trinajstić information content (AvgIpc) is 2.83. The molecule has 2 aliphatic rings. The second-order valence-electron chi connectivity index (χ2n) is 4.75. The zero-order valence-corrected chi connectivity index (χ0v) is 11.3. The van der Waals surface area contributed by atoms with Gasteiger partial charge in [0, 0.05) is 18.7 Å². The van der Waals surface area contributed by atoms with Crippen LogP contribution in [0.15, 0.2) is 23.4 Å². The van der Waals surface area contributed by atoms with Crippen LogP contribution in [-0.2, 0) is 9.63 Å². The van der Waals surface area contributed by atoms with Crippen molar-refractivity contribution in [2.45, 2.75) is 13.3 Å². The molecule has 6 heteroatoms. The standard InChI is InChI=1S/C14H16N2O4/c1-10(15-20-8-14(17)16-5-2-6-16)11-3-4-12-13(7-11)19-9-18-12/h3-4,7H,2,5-6,8-9H2,1H3/b15-10+. The van der Waals surface area contributed by atoms with Gasteiger partial charge >= 0.3 is 0 Å². The first kappa shape index (κ1) is 12.8. The van der Waals surface area contributed by atoms with Gasteiger partial charge in [-0.25, -0.2) is 0 Å². The van der Waals surface area contributed by atoms with Gasteiger partial charge in [0.15, 0.2) is 18.1 Å². The van der Waals surface area contributed by atoms with Gasteiger partial charge in [-0.1, -0.05) is 5.16 Å². The Morgan fingerprint density at radius 2 is 2.15 bits per heavy atom. The molecule has 1 fully saturated rings. The molecule has 0 aromatic heterocycles. The Bertz CT molecular complexity index is 552. The highest BCUT2D eigenvalue weighted by Crippen LogP contribution is 2.32. The zero-order chi connectivity index (χ0) is 13.9. The molecule has 0 N–H and O–H groups in total. The van der Waals surface area contributed by atoms with Crippen LogP contribution < -0.4 is 9.47 Å². The van der Waals surface area contributed by atoms with E-state index in [1.165, 1.54) is 0 Å². The third kappa shape index (κ3) is 2.54. The van der Waals surface area contributed by atoms with Gasteiger partial charge in [0.1, 0.15) is 0 Å². The largest absolute Gasteiger partial charge is 0.454 e. The predicted octanol–water partition coefficient (Wildman–Crippen LogP) is 1.39. The fraction of sp³-hybridized carbons (Fsp3) is 0.429. The molecular formula is C14H16N2O4. The minimum absolute atomic E-state index is 0.0120. The van der Waals surface area contributed by atoms with E-state index < -0.39 is 0 Å². The molecule has 0 spiro atoms. The van der Waals surface area contributed by atoms with E-state index in [4.69, 9.17) is 14.3 Å². The van der Waals surface area contributed by atoms with Gasteiger partial charge in [-0.2, -0.15) is 0 Å². The summed E-state index contributed by atoms with van der Waals surface area (Å²) in [6.07, 6.45) is 1.07. The van der Waals surface area contributed by atoms with Crippen LogP contribution in [0.1, 0.15) is 18.9 Å². The van der Waals surface area contributed by atoms with E-state index in [9.17, 15) is 4.79 Å². The topological polar surface area (TPSA) is 60.4 Å². The van der Waals surface area contributed by atoms with Crippen molar-refractivity contribution >= 4 is 11.6 Å². The molecular weight excluding hydrogens is 260 g/mol. The summed E-state index contributed by atoms with van der Waals surface area (Å²) in [7, 11) is 0. The molecule has 1 aromatic rings. The molecule has 0 saturated carbocycles. The molecule has 0 unspecified atom stereocenters. The van der Waals surface area contributed by atoms with Crippen LogP contribution in [0.3, 0.4) is 0 Å². The molecule has 1 aromatic carbocycles. The highest BCUT2D eigenvalue weighted by atomic mass is 16.7. The van der Waals surface area contributed by atoms with Crippen LogP contribution in [0.2, 0.25) is 0 Å². The van der Waals surface area contributed by atoms with Crippen molar-refractivity contribution in [2.24, 2.45) is 5.16 Å². The van der Waals surface area contributed by atoms with Crippen molar-refractivity contribution < 1.29 is 19.1 Å². The number of likely N-dealkylation sites (tertiary alicyclic amines) is 1. The average molecular weight is 276 g/mol. The Labute approximate surface area is 116 Å². The number of fused-ring (bicyclic) bond motifs is 1. The molecule has 106 valence electrons. The predicted molar refractivity (Wildman–Crippen MR) is 71.9 cm³/mol. The van der Waals surface area contributed by atoms with E-state index in [1.54, 1.807) is 4.90 Å². The first-order chi connectivity index (χ1) is 9.74. The van der Waals surface area contributed by atoms with Crippen LogP contribution in [0.4, 0.5) is 0 Å². The van der Waals surface area contributed by atoms with E-state index in [1.807, 2.05) is 25.1 Å². The molecule has 2 aliphatic heterocycles. The van der Waals surface area contributed by atoms with Crippen molar-refractivity contribution in [3.63, 3.8) is 0 Å². The molecule has 3 rings (SSSR count). The van der Waals surface area contributed by atoms with Crippen LogP contribution in [-0.4, -0.2) is 43.0 Å². The number of hydrogen-bond acceptors (Lipinski definition) is 5. The Kier molecular flexibility index (Phi) is 3.45. The smallest absolute Gasteiger partial charge is 0.263 e. The molecule has 0 atom stereocenters. The molecule has 1 amide bonds. The minimum atomic E-state index is -0.0153. The van der Waals surface area contributed by atoms with Gasteiger partial charge in [0.2, 0.25) is 6.79 Å². The van der Waals surface area contributed by atoms with Crippen LogP contribution in [0.5, 0.6) is 11.5 Å². The minimum Gasteiger partial charge on any atom is -0.454 e. The summed E-state index contributed by atoms with van der Waals surface area (Å²) in [5, 5.41) is 3.97. The highest BCUT2D eigenvalue weighted by molar-refractivity contribution is 5.99. The number of benzene rings is 1. The Balaban J connectivity index is 1.58. The number of ether oxygens (including phenoxy) is 2. The van der Waals surface area contributed by atoms with Gasteiger partial charge in [0.25, 0.3) is 5.91 Å². The summed E-state index contributed by atoms with van der Waals surface area (Å²) in [5.41, 5.74) is 1.57. The van der Waals surface area contributed by atoms with Crippen molar-refractivity contribution in [1.82, 2.24) is 4.90 Å². The number of carbonyl (C=O) groups excluding carboxylic acids is 1. The maximum atomic E-state index is 11.6. The molecule has 20 heavy (non-hydrogen) atoms. The lowest BCUT2D eigenvalue weighted by Crippen LogP contribution is -2.43. The van der Waals surface area contributed by atoms with Gasteiger partial charge < -0.3 is 19.2 Å². The molecule has 6 nitrogen and oxygen atoms in total. The number of amides is 1. The van der Waals surface area contributed by atoms with Crippen molar-refractivity contribution in [3.8, 4) is 11.5 Å². The lowest BCUT2D eigenvalue weighted by atomic mass is 10.1. The molecule has 2 heterocycles. The first-order valence-corrected chi connectivity index (χ1v) is 6.58. The maximum Gasteiger partial charge on any atom is 0.263 e. The number of nitrogens with zero attached hydrogens (tertiary/aromatic N) is 2. The van der Waals surface area contributed by atoms with Crippen molar-refractivity contribution in [1.29, 1.82) is 0 Å². The van der Waals surface area contributed by atoms with Crippen LogP contribution in [0.25, 0.3) is 0 Å².